The van der Waals surface area contributed by atoms with Crippen LogP contribution in [0.5, 0.6) is 0 Å². The third kappa shape index (κ3) is 10.6. The summed E-state index contributed by atoms with van der Waals surface area (Å²) >= 11 is 0. The molecule has 0 bridgehead atoms. The summed E-state index contributed by atoms with van der Waals surface area (Å²) in [6.07, 6.45) is 4.90. The van der Waals surface area contributed by atoms with Crippen LogP contribution in [-0.4, -0.2) is 25.2 Å². The van der Waals surface area contributed by atoms with Crippen LogP contribution in [-0.2, 0) is 19.1 Å². The minimum atomic E-state index is -0.268. The summed E-state index contributed by atoms with van der Waals surface area (Å²) in [6.45, 7) is 8.86. The number of hydrogen-bond acceptors (Lipinski definition) is 4. The van der Waals surface area contributed by atoms with Crippen LogP contribution in [0.15, 0.2) is 11.6 Å². The molecule has 0 rings (SSSR count). The predicted octanol–water partition coefficient (Wildman–Crippen LogP) is 3.65. The molecule has 0 aliphatic carbocycles. The first-order chi connectivity index (χ1) is 9.49. The van der Waals surface area contributed by atoms with E-state index in [1.807, 2.05) is 19.9 Å². The maximum atomic E-state index is 11.5. The van der Waals surface area contributed by atoms with Crippen LogP contribution in [0, 0.1) is 5.92 Å². The minimum Gasteiger partial charge on any atom is -0.465 e. The van der Waals surface area contributed by atoms with Crippen molar-refractivity contribution in [1.29, 1.82) is 0 Å². The van der Waals surface area contributed by atoms with Crippen LogP contribution in [0.1, 0.15) is 59.8 Å². The van der Waals surface area contributed by atoms with E-state index in [0.717, 1.165) is 18.4 Å². The molecule has 4 nitrogen and oxygen atoms in total. The van der Waals surface area contributed by atoms with Gasteiger partial charge in [-0.2, -0.15) is 0 Å². The van der Waals surface area contributed by atoms with Crippen molar-refractivity contribution in [3.8, 4) is 0 Å². The van der Waals surface area contributed by atoms with Gasteiger partial charge in [0.15, 0.2) is 0 Å². The lowest BCUT2D eigenvalue weighted by molar-refractivity contribution is -0.146. The van der Waals surface area contributed by atoms with Crippen molar-refractivity contribution in [1.82, 2.24) is 0 Å². The minimum absolute atomic E-state index is 0.228. The lowest BCUT2D eigenvalue weighted by Gasteiger charge is -2.12. The number of esters is 2. The third-order valence-corrected chi connectivity index (χ3v) is 3.13. The van der Waals surface area contributed by atoms with Crippen molar-refractivity contribution >= 4 is 11.9 Å². The normalized spacial score (nSPS) is 10.2. The zero-order valence-corrected chi connectivity index (χ0v) is 13.2. The fraction of sp³-hybridized carbons (Fsp3) is 0.750. The van der Waals surface area contributed by atoms with Crippen molar-refractivity contribution in [2.75, 3.05) is 13.2 Å². The number of hydrogen-bond donors (Lipinski definition) is 0. The van der Waals surface area contributed by atoms with Gasteiger partial charge >= 0.3 is 11.9 Å². The summed E-state index contributed by atoms with van der Waals surface area (Å²) in [5.41, 5.74) is 1.11. The molecule has 20 heavy (non-hydrogen) atoms. The molecule has 0 aromatic carbocycles. The van der Waals surface area contributed by atoms with Gasteiger partial charge in [0.2, 0.25) is 0 Å². The Hall–Kier alpha value is -1.32. The zero-order valence-electron chi connectivity index (χ0n) is 13.2. The van der Waals surface area contributed by atoms with Gasteiger partial charge < -0.3 is 9.47 Å². The Bertz CT molecular complexity index is 312. The second kappa shape index (κ2) is 11.5. The SMILES string of the molecule is CCC(CC)COC(=O)CCCC(=O)OCC=C(C)C. The van der Waals surface area contributed by atoms with Gasteiger partial charge in [-0.15, -0.1) is 0 Å². The molecule has 0 fully saturated rings. The second-order valence-corrected chi connectivity index (χ2v) is 5.18. The molecule has 0 saturated carbocycles. The van der Waals surface area contributed by atoms with Crippen molar-refractivity contribution in [2.45, 2.75) is 59.8 Å². The highest BCUT2D eigenvalue weighted by Gasteiger charge is 2.09. The Balaban J connectivity index is 3.65. The lowest BCUT2D eigenvalue weighted by atomic mass is 10.1. The van der Waals surface area contributed by atoms with E-state index in [4.69, 9.17) is 9.47 Å². The van der Waals surface area contributed by atoms with Crippen molar-refractivity contribution in [3.63, 3.8) is 0 Å². The molecule has 0 heterocycles. The first-order valence-electron chi connectivity index (χ1n) is 7.44. The number of ether oxygens (including phenoxy) is 2. The van der Waals surface area contributed by atoms with Crippen molar-refractivity contribution < 1.29 is 19.1 Å². The first kappa shape index (κ1) is 18.7. The van der Waals surface area contributed by atoms with Gasteiger partial charge in [0.05, 0.1) is 6.61 Å². The molecule has 0 aliphatic rings. The number of rotatable bonds is 10. The highest BCUT2D eigenvalue weighted by Crippen LogP contribution is 2.09. The lowest BCUT2D eigenvalue weighted by Crippen LogP contribution is -2.13. The Morgan fingerprint density at radius 3 is 2.05 bits per heavy atom. The van der Waals surface area contributed by atoms with E-state index >= 15 is 0 Å². The summed E-state index contributed by atoms with van der Waals surface area (Å²) in [5.74, 6) is -0.0581. The molecule has 0 spiro atoms. The quantitative estimate of drug-likeness (QED) is 0.454. The molecule has 4 heteroatoms. The predicted molar refractivity (Wildman–Crippen MR) is 79.3 cm³/mol. The van der Waals surface area contributed by atoms with Gasteiger partial charge in [-0.3, -0.25) is 9.59 Å². The van der Waals surface area contributed by atoms with E-state index in [1.54, 1.807) is 0 Å². The Labute approximate surface area is 122 Å². The standard InChI is InChI=1S/C16H28O4/c1-5-14(6-2)12-20-16(18)9-7-8-15(17)19-11-10-13(3)4/h10,14H,5-9,11-12H2,1-4H3. The fourth-order valence-electron chi connectivity index (χ4n) is 1.56. The van der Waals surface area contributed by atoms with Crippen LogP contribution < -0.4 is 0 Å². The molecule has 0 aromatic heterocycles. The molecule has 0 atom stereocenters. The molecule has 116 valence electrons. The first-order valence-corrected chi connectivity index (χ1v) is 7.44. The Morgan fingerprint density at radius 2 is 1.55 bits per heavy atom. The summed E-state index contributed by atoms with van der Waals surface area (Å²) < 4.78 is 10.2. The van der Waals surface area contributed by atoms with E-state index in [-0.39, 0.29) is 24.8 Å². The van der Waals surface area contributed by atoms with Crippen molar-refractivity contribution in [3.05, 3.63) is 11.6 Å². The highest BCUT2D eigenvalue weighted by atomic mass is 16.5. The third-order valence-electron chi connectivity index (χ3n) is 3.13. The molecular weight excluding hydrogens is 256 g/mol. The molecular formula is C16H28O4. The van der Waals surface area contributed by atoms with Gasteiger partial charge in [0.25, 0.3) is 0 Å². The van der Waals surface area contributed by atoms with E-state index in [0.29, 0.717) is 25.6 Å². The fourth-order valence-corrected chi connectivity index (χ4v) is 1.56. The van der Waals surface area contributed by atoms with Crippen LogP contribution in [0.3, 0.4) is 0 Å². The van der Waals surface area contributed by atoms with E-state index in [2.05, 4.69) is 13.8 Å². The van der Waals surface area contributed by atoms with Crippen LogP contribution in [0.2, 0.25) is 0 Å². The summed E-state index contributed by atoms with van der Waals surface area (Å²) in [6, 6.07) is 0. The molecule has 0 aromatic rings. The van der Waals surface area contributed by atoms with E-state index in [1.165, 1.54) is 0 Å². The topological polar surface area (TPSA) is 52.6 Å². The Morgan fingerprint density at radius 1 is 1.00 bits per heavy atom. The average Bonchev–Trinajstić information content (AvgIpc) is 2.39. The van der Waals surface area contributed by atoms with Crippen LogP contribution in [0.25, 0.3) is 0 Å². The molecule has 0 N–H and O–H groups in total. The summed E-state index contributed by atoms with van der Waals surface area (Å²) in [4.78, 5) is 22.8. The van der Waals surface area contributed by atoms with Crippen LogP contribution >= 0.6 is 0 Å². The van der Waals surface area contributed by atoms with E-state index < -0.39 is 0 Å². The molecule has 0 aliphatic heterocycles. The second-order valence-electron chi connectivity index (χ2n) is 5.18. The largest absolute Gasteiger partial charge is 0.465 e. The zero-order chi connectivity index (χ0) is 15.4. The molecule has 0 unspecified atom stereocenters. The summed E-state index contributed by atoms with van der Waals surface area (Å²) in [7, 11) is 0. The molecule has 0 radical (unpaired) electrons. The number of carbonyl (C=O) groups excluding carboxylic acids is 2. The highest BCUT2D eigenvalue weighted by molar-refractivity contribution is 5.72. The monoisotopic (exact) mass is 284 g/mol. The summed E-state index contributed by atoms with van der Waals surface area (Å²) in [5, 5.41) is 0. The van der Waals surface area contributed by atoms with Gasteiger partial charge in [-0.05, 0) is 32.3 Å². The van der Waals surface area contributed by atoms with Gasteiger partial charge in [0.1, 0.15) is 6.61 Å². The Kier molecular flexibility index (Phi) is 10.7. The maximum Gasteiger partial charge on any atom is 0.306 e. The van der Waals surface area contributed by atoms with Gasteiger partial charge in [-0.1, -0.05) is 32.3 Å². The number of carbonyl (C=O) groups is 2. The average molecular weight is 284 g/mol. The number of allylic oxidation sites excluding steroid dienone is 1. The van der Waals surface area contributed by atoms with Crippen LogP contribution in [0.4, 0.5) is 0 Å². The smallest absolute Gasteiger partial charge is 0.306 e. The molecule has 0 amide bonds. The van der Waals surface area contributed by atoms with Gasteiger partial charge in [-0.25, -0.2) is 0 Å². The van der Waals surface area contributed by atoms with Crippen molar-refractivity contribution in [2.24, 2.45) is 5.92 Å². The maximum absolute atomic E-state index is 11.5. The van der Waals surface area contributed by atoms with E-state index in [9.17, 15) is 9.59 Å². The molecule has 0 saturated heterocycles. The van der Waals surface area contributed by atoms with Gasteiger partial charge in [0, 0.05) is 12.8 Å².